The lowest BCUT2D eigenvalue weighted by Crippen LogP contribution is -2.40. The van der Waals surface area contributed by atoms with Gasteiger partial charge in [-0.15, -0.1) is 0 Å². The van der Waals surface area contributed by atoms with Crippen molar-refractivity contribution in [3.8, 4) is 6.07 Å². The van der Waals surface area contributed by atoms with E-state index in [1.54, 1.807) is 43.9 Å². The van der Waals surface area contributed by atoms with Crippen molar-refractivity contribution in [2.45, 2.75) is 45.4 Å². The van der Waals surface area contributed by atoms with E-state index in [1.165, 1.54) is 12.1 Å². The molecular formula is C23H24ClF2N3O2. The first-order valence-electron chi connectivity index (χ1n) is 9.95. The molecule has 0 unspecified atom stereocenters. The molecule has 1 atom stereocenters. The Labute approximate surface area is 185 Å². The van der Waals surface area contributed by atoms with Gasteiger partial charge in [-0.2, -0.15) is 5.26 Å². The number of halogens is 3. The molecule has 1 aliphatic heterocycles. The smallest absolute Gasteiger partial charge is 0.410 e. The Balaban J connectivity index is 1.88. The molecule has 0 aliphatic carbocycles. The van der Waals surface area contributed by atoms with Gasteiger partial charge in [0.05, 0.1) is 10.6 Å². The maximum absolute atomic E-state index is 14.4. The molecule has 8 heteroatoms. The van der Waals surface area contributed by atoms with Crippen LogP contribution in [0.2, 0.25) is 5.02 Å². The van der Waals surface area contributed by atoms with Crippen molar-refractivity contribution in [1.29, 1.82) is 5.26 Å². The van der Waals surface area contributed by atoms with Crippen LogP contribution in [0.25, 0.3) is 0 Å². The van der Waals surface area contributed by atoms with Crippen molar-refractivity contribution in [2.24, 2.45) is 0 Å². The highest BCUT2D eigenvalue weighted by Gasteiger charge is 2.33. The quantitative estimate of drug-likeness (QED) is 0.620. The zero-order valence-electron chi connectivity index (χ0n) is 17.7. The van der Waals surface area contributed by atoms with E-state index < -0.39 is 23.3 Å². The number of anilines is 1. The first-order valence-corrected chi connectivity index (χ1v) is 10.3. The molecule has 3 rings (SSSR count). The minimum Gasteiger partial charge on any atom is -0.444 e. The number of likely N-dealkylation sites (tertiary alicyclic amines) is 1. The molecule has 0 radical (unpaired) electrons. The third-order valence-corrected chi connectivity index (χ3v) is 5.33. The first kappa shape index (κ1) is 22.8. The van der Waals surface area contributed by atoms with Crippen LogP contribution in [0.15, 0.2) is 36.4 Å². The van der Waals surface area contributed by atoms with Crippen LogP contribution in [0, 0.1) is 23.0 Å². The highest BCUT2D eigenvalue weighted by atomic mass is 35.5. The average molecular weight is 448 g/mol. The van der Waals surface area contributed by atoms with Gasteiger partial charge in [0.15, 0.2) is 0 Å². The van der Waals surface area contributed by atoms with E-state index >= 15 is 0 Å². The minimum absolute atomic E-state index is 0.138. The molecule has 1 amide bonds. The summed E-state index contributed by atoms with van der Waals surface area (Å²) in [6.07, 6.45) is 0.237. The molecule has 5 nitrogen and oxygen atoms in total. The van der Waals surface area contributed by atoms with Crippen molar-refractivity contribution in [2.75, 3.05) is 18.0 Å². The Morgan fingerprint density at radius 2 is 2.03 bits per heavy atom. The number of ether oxygens (including phenoxy) is 1. The highest BCUT2D eigenvalue weighted by molar-refractivity contribution is 6.32. The molecule has 1 heterocycles. The van der Waals surface area contributed by atoms with Crippen LogP contribution in [0.4, 0.5) is 19.3 Å². The van der Waals surface area contributed by atoms with Crippen LogP contribution in [0.3, 0.4) is 0 Å². The minimum atomic E-state index is -0.647. The maximum atomic E-state index is 14.4. The molecule has 1 saturated heterocycles. The van der Waals surface area contributed by atoms with Crippen LogP contribution >= 0.6 is 11.6 Å². The van der Waals surface area contributed by atoms with Gasteiger partial charge in [-0.25, -0.2) is 13.6 Å². The fourth-order valence-corrected chi connectivity index (χ4v) is 3.74. The third kappa shape index (κ3) is 5.65. The normalized spacial score (nSPS) is 16.2. The molecular weight excluding hydrogens is 424 g/mol. The van der Waals surface area contributed by atoms with Crippen LogP contribution in [-0.2, 0) is 11.3 Å². The van der Waals surface area contributed by atoms with E-state index in [2.05, 4.69) is 0 Å². The molecule has 0 N–H and O–H groups in total. The summed E-state index contributed by atoms with van der Waals surface area (Å²) in [6.45, 7) is 6.45. The number of hydrogen-bond donors (Lipinski definition) is 0. The lowest BCUT2D eigenvalue weighted by molar-refractivity contribution is 0.0292. The van der Waals surface area contributed by atoms with Gasteiger partial charge in [-0.1, -0.05) is 17.7 Å². The zero-order valence-corrected chi connectivity index (χ0v) is 18.4. The molecule has 2 aromatic carbocycles. The molecule has 1 fully saturated rings. The number of nitrogens with zero attached hydrogens (tertiary/aromatic N) is 3. The molecule has 2 aromatic rings. The Kier molecular flexibility index (Phi) is 6.71. The van der Waals surface area contributed by atoms with Crippen molar-refractivity contribution >= 4 is 23.4 Å². The third-order valence-electron chi connectivity index (χ3n) is 5.02. The summed E-state index contributed by atoms with van der Waals surface area (Å²) in [4.78, 5) is 16.0. The number of amides is 1. The lowest BCUT2D eigenvalue weighted by Gasteiger charge is -2.32. The molecule has 31 heavy (non-hydrogen) atoms. The predicted molar refractivity (Wildman–Crippen MR) is 115 cm³/mol. The first-order chi connectivity index (χ1) is 14.6. The maximum Gasteiger partial charge on any atom is 0.410 e. The van der Waals surface area contributed by atoms with Gasteiger partial charge in [0.1, 0.15) is 23.3 Å². The number of carbonyl (C=O) groups excluding carboxylic acids is 1. The fraction of sp³-hybridized carbons (Fsp3) is 0.391. The van der Waals surface area contributed by atoms with Gasteiger partial charge in [0, 0.05) is 43.0 Å². The number of benzene rings is 2. The largest absolute Gasteiger partial charge is 0.444 e. The Bertz CT molecular complexity index is 1020. The monoisotopic (exact) mass is 447 g/mol. The second-order valence-electron chi connectivity index (χ2n) is 8.51. The van der Waals surface area contributed by atoms with E-state index in [0.29, 0.717) is 36.3 Å². The Morgan fingerprint density at radius 3 is 2.65 bits per heavy atom. The second-order valence-corrected chi connectivity index (χ2v) is 8.92. The summed E-state index contributed by atoms with van der Waals surface area (Å²) < 4.78 is 33.2. The van der Waals surface area contributed by atoms with Crippen LogP contribution in [0.1, 0.15) is 38.3 Å². The van der Waals surface area contributed by atoms with Crippen LogP contribution in [-0.4, -0.2) is 35.7 Å². The van der Waals surface area contributed by atoms with E-state index in [1.807, 2.05) is 11.0 Å². The van der Waals surface area contributed by atoms with Gasteiger partial charge in [-0.05, 0) is 51.5 Å². The van der Waals surface area contributed by atoms with Gasteiger partial charge in [-0.3, -0.25) is 0 Å². The average Bonchev–Trinajstić information content (AvgIpc) is 3.16. The van der Waals surface area contributed by atoms with E-state index in [9.17, 15) is 13.6 Å². The van der Waals surface area contributed by atoms with Gasteiger partial charge in [0.25, 0.3) is 0 Å². The highest BCUT2D eigenvalue weighted by Crippen LogP contribution is 2.30. The van der Waals surface area contributed by atoms with E-state index in [-0.39, 0.29) is 17.6 Å². The zero-order chi connectivity index (χ0) is 22.8. The molecule has 0 saturated carbocycles. The molecule has 0 bridgehead atoms. The van der Waals surface area contributed by atoms with Crippen molar-refractivity contribution in [1.82, 2.24) is 4.90 Å². The summed E-state index contributed by atoms with van der Waals surface area (Å²) in [5, 5.41) is 9.44. The van der Waals surface area contributed by atoms with Crippen molar-refractivity contribution in [3.63, 3.8) is 0 Å². The lowest BCUT2D eigenvalue weighted by atomic mass is 10.1. The van der Waals surface area contributed by atoms with Crippen molar-refractivity contribution < 1.29 is 18.3 Å². The molecule has 0 aromatic heterocycles. The number of rotatable bonds is 4. The van der Waals surface area contributed by atoms with Crippen molar-refractivity contribution in [3.05, 3.63) is 64.2 Å². The Hall–Kier alpha value is -2.85. The number of hydrogen-bond acceptors (Lipinski definition) is 4. The summed E-state index contributed by atoms with van der Waals surface area (Å²) in [6, 6.07) is 10.3. The van der Waals surface area contributed by atoms with Gasteiger partial charge >= 0.3 is 6.09 Å². The molecule has 0 spiro atoms. The SMILES string of the molecule is CC(C)(C)OC(=O)N1CC[C@H](N(Cc2ccc(F)cc2F)c2ccc(C#N)c(Cl)c2)C1. The molecule has 1 aliphatic rings. The second kappa shape index (κ2) is 9.11. The number of nitriles is 1. The van der Waals surface area contributed by atoms with Gasteiger partial charge in [0.2, 0.25) is 0 Å². The molecule has 164 valence electrons. The van der Waals surface area contributed by atoms with E-state index in [4.69, 9.17) is 21.6 Å². The number of carbonyl (C=O) groups is 1. The van der Waals surface area contributed by atoms with E-state index in [0.717, 1.165) is 6.07 Å². The standard InChI is InChI=1S/C23H24ClF2N3O2/c1-23(2,3)31-22(30)28-9-8-19(14-28)29(13-16-4-6-17(25)10-21(16)26)18-7-5-15(12-27)20(24)11-18/h4-7,10-11,19H,8-9,13-14H2,1-3H3/t19-/m0/s1. The summed E-state index contributed by atoms with van der Waals surface area (Å²) in [5.74, 6) is -1.29. The summed E-state index contributed by atoms with van der Waals surface area (Å²) in [5.41, 5.74) is 0.730. The topological polar surface area (TPSA) is 56.6 Å². The fourth-order valence-electron chi connectivity index (χ4n) is 3.53. The van der Waals surface area contributed by atoms with Crippen LogP contribution in [0.5, 0.6) is 0 Å². The Morgan fingerprint density at radius 1 is 1.29 bits per heavy atom. The van der Waals surface area contributed by atoms with Crippen LogP contribution < -0.4 is 4.90 Å². The van der Waals surface area contributed by atoms with Gasteiger partial charge < -0.3 is 14.5 Å². The summed E-state index contributed by atoms with van der Waals surface area (Å²) in [7, 11) is 0. The summed E-state index contributed by atoms with van der Waals surface area (Å²) >= 11 is 6.23. The predicted octanol–water partition coefficient (Wildman–Crippen LogP) is 5.51.